The number of carbonyl (C=O) groups is 2. The van der Waals surface area contributed by atoms with Crippen molar-refractivity contribution in [2.24, 2.45) is 14.1 Å². The largest absolute Gasteiger partial charge is 0.493 e. The topological polar surface area (TPSA) is 123 Å². The zero-order valence-electron chi connectivity index (χ0n) is 14.4. The minimum absolute atomic E-state index is 0.0665. The van der Waals surface area contributed by atoms with Crippen molar-refractivity contribution < 1.29 is 19.1 Å². The van der Waals surface area contributed by atoms with E-state index in [1.807, 2.05) is 6.07 Å². The minimum atomic E-state index is -0.834. The van der Waals surface area contributed by atoms with Gasteiger partial charge >= 0.3 is 11.7 Å². The number of benzene rings is 1. The molecule has 2 rings (SSSR count). The van der Waals surface area contributed by atoms with Crippen LogP contribution in [-0.2, 0) is 23.6 Å². The van der Waals surface area contributed by atoms with Crippen LogP contribution in [0.3, 0.4) is 0 Å². The quantitative estimate of drug-likeness (QED) is 0.538. The highest BCUT2D eigenvalue weighted by Gasteiger charge is 2.21. The number of hydrogen-bond acceptors (Lipinski definition) is 7. The molecule has 0 fully saturated rings. The molecule has 9 nitrogen and oxygen atoms in total. The Bertz CT molecular complexity index is 930. The van der Waals surface area contributed by atoms with E-state index < -0.39 is 29.6 Å². The highest BCUT2D eigenvalue weighted by molar-refractivity contribution is 6.01. The van der Waals surface area contributed by atoms with Gasteiger partial charge in [-0.25, -0.2) is 4.79 Å². The average molecular weight is 361 g/mol. The SMILES string of the molecule is Cn1c(N)c(C(=O)COC(=O)CCOc2ccccc2)c(=O)n(C)c1=O. The number of ether oxygens (including phenoxy) is 2. The molecule has 0 saturated heterocycles. The molecule has 0 aliphatic heterocycles. The van der Waals surface area contributed by atoms with Crippen molar-refractivity contribution in [3.63, 3.8) is 0 Å². The van der Waals surface area contributed by atoms with Crippen LogP contribution in [0.25, 0.3) is 0 Å². The summed E-state index contributed by atoms with van der Waals surface area (Å²) in [6.07, 6.45) is -0.0665. The molecule has 9 heteroatoms. The molecule has 1 heterocycles. The molecule has 1 aromatic heterocycles. The standard InChI is InChI=1S/C17H19N3O6/c1-19-15(18)14(16(23)20(2)17(19)24)12(21)10-26-13(22)8-9-25-11-6-4-3-5-7-11/h3-7H,8-10,18H2,1-2H3. The summed E-state index contributed by atoms with van der Waals surface area (Å²) < 4.78 is 11.9. The summed E-state index contributed by atoms with van der Waals surface area (Å²) in [5.74, 6) is -1.10. The molecule has 2 N–H and O–H groups in total. The van der Waals surface area contributed by atoms with Crippen molar-refractivity contribution in [1.82, 2.24) is 9.13 Å². The number of nitrogen functional groups attached to an aromatic ring is 1. The maximum atomic E-state index is 12.2. The van der Waals surface area contributed by atoms with Gasteiger partial charge in [-0.05, 0) is 12.1 Å². The third-order valence-electron chi connectivity index (χ3n) is 3.67. The third kappa shape index (κ3) is 4.18. The number of hydrogen-bond donors (Lipinski definition) is 1. The summed E-state index contributed by atoms with van der Waals surface area (Å²) in [4.78, 5) is 47.7. The lowest BCUT2D eigenvalue weighted by Gasteiger charge is -2.11. The predicted octanol–water partition coefficient (Wildman–Crippen LogP) is -0.139. The van der Waals surface area contributed by atoms with E-state index in [2.05, 4.69) is 0 Å². The van der Waals surface area contributed by atoms with Crippen LogP contribution in [0.1, 0.15) is 16.8 Å². The summed E-state index contributed by atoms with van der Waals surface area (Å²) in [6.45, 7) is -0.567. The van der Waals surface area contributed by atoms with Crippen LogP contribution >= 0.6 is 0 Å². The Hall–Kier alpha value is -3.36. The Labute approximate surface area is 148 Å². The second kappa shape index (κ2) is 8.15. The van der Waals surface area contributed by atoms with Gasteiger partial charge in [0, 0.05) is 14.1 Å². The van der Waals surface area contributed by atoms with E-state index in [9.17, 15) is 19.2 Å². The van der Waals surface area contributed by atoms with Gasteiger partial charge in [-0.2, -0.15) is 0 Å². The molecule has 26 heavy (non-hydrogen) atoms. The van der Waals surface area contributed by atoms with Gasteiger partial charge in [0.05, 0.1) is 13.0 Å². The summed E-state index contributed by atoms with van der Waals surface area (Å²) in [5, 5.41) is 0. The average Bonchev–Trinajstić information content (AvgIpc) is 2.64. The van der Waals surface area contributed by atoms with Crippen molar-refractivity contribution >= 4 is 17.6 Å². The predicted molar refractivity (Wildman–Crippen MR) is 93.2 cm³/mol. The molecule has 1 aromatic carbocycles. The van der Waals surface area contributed by atoms with Crippen molar-refractivity contribution in [3.8, 4) is 5.75 Å². The van der Waals surface area contributed by atoms with Crippen LogP contribution in [0.5, 0.6) is 5.75 Å². The second-order valence-electron chi connectivity index (χ2n) is 5.46. The molecule has 0 aliphatic rings. The molecule has 0 spiro atoms. The highest BCUT2D eigenvalue weighted by Crippen LogP contribution is 2.09. The number of nitrogens with zero attached hydrogens (tertiary/aromatic N) is 2. The fourth-order valence-corrected chi connectivity index (χ4v) is 2.18. The maximum Gasteiger partial charge on any atom is 0.332 e. The first-order valence-electron chi connectivity index (χ1n) is 7.75. The third-order valence-corrected chi connectivity index (χ3v) is 3.67. The van der Waals surface area contributed by atoms with E-state index in [0.29, 0.717) is 5.75 Å². The number of rotatable bonds is 7. The van der Waals surface area contributed by atoms with Gasteiger partial charge in [0.1, 0.15) is 17.1 Å². The fraction of sp³-hybridized carbons (Fsp3) is 0.294. The zero-order valence-corrected chi connectivity index (χ0v) is 14.4. The van der Waals surface area contributed by atoms with E-state index >= 15 is 0 Å². The van der Waals surface area contributed by atoms with Gasteiger partial charge in [-0.15, -0.1) is 0 Å². The van der Waals surface area contributed by atoms with E-state index in [1.165, 1.54) is 14.1 Å². The second-order valence-corrected chi connectivity index (χ2v) is 5.46. The minimum Gasteiger partial charge on any atom is -0.493 e. The van der Waals surface area contributed by atoms with Gasteiger partial charge < -0.3 is 15.2 Å². The summed E-state index contributed by atoms with van der Waals surface area (Å²) >= 11 is 0. The number of para-hydroxylation sites is 1. The smallest absolute Gasteiger partial charge is 0.332 e. The Morgan fingerprint density at radius 2 is 1.73 bits per heavy atom. The number of Topliss-reactive ketones (excluding diaryl/α,β-unsaturated/α-hetero) is 1. The highest BCUT2D eigenvalue weighted by atomic mass is 16.5. The Kier molecular flexibility index (Phi) is 5.94. The molecule has 0 aliphatic carbocycles. The number of esters is 1. The van der Waals surface area contributed by atoms with Crippen molar-refractivity contribution in [2.75, 3.05) is 18.9 Å². The van der Waals surface area contributed by atoms with Crippen molar-refractivity contribution in [3.05, 3.63) is 56.7 Å². The number of anilines is 1. The molecular weight excluding hydrogens is 342 g/mol. The first kappa shape index (κ1) is 19.0. The van der Waals surface area contributed by atoms with Gasteiger partial charge in [0.2, 0.25) is 5.78 Å². The molecule has 0 atom stereocenters. The molecule has 138 valence electrons. The van der Waals surface area contributed by atoms with Crippen LogP contribution in [0, 0.1) is 0 Å². The normalized spacial score (nSPS) is 10.4. The van der Waals surface area contributed by atoms with Gasteiger partial charge in [0.25, 0.3) is 5.56 Å². The summed E-state index contributed by atoms with van der Waals surface area (Å²) in [7, 11) is 2.56. The van der Waals surface area contributed by atoms with Crippen LogP contribution in [0.4, 0.5) is 5.82 Å². The van der Waals surface area contributed by atoms with Crippen LogP contribution < -0.4 is 21.7 Å². The van der Waals surface area contributed by atoms with E-state index in [-0.39, 0.29) is 24.4 Å². The lowest BCUT2D eigenvalue weighted by molar-refractivity contribution is -0.143. The number of ketones is 1. The maximum absolute atomic E-state index is 12.2. The number of carbonyl (C=O) groups excluding carboxylic acids is 2. The summed E-state index contributed by atoms with van der Waals surface area (Å²) in [5.41, 5.74) is 3.80. The number of aromatic nitrogens is 2. The Balaban J connectivity index is 1.94. The first-order chi connectivity index (χ1) is 12.3. The molecular formula is C17H19N3O6. The van der Waals surface area contributed by atoms with Gasteiger partial charge in [-0.1, -0.05) is 18.2 Å². The fourth-order valence-electron chi connectivity index (χ4n) is 2.18. The molecule has 0 amide bonds. The van der Waals surface area contributed by atoms with Crippen LogP contribution in [0.2, 0.25) is 0 Å². The van der Waals surface area contributed by atoms with Crippen molar-refractivity contribution in [2.45, 2.75) is 6.42 Å². The van der Waals surface area contributed by atoms with Crippen LogP contribution in [-0.4, -0.2) is 34.1 Å². The van der Waals surface area contributed by atoms with Crippen molar-refractivity contribution in [1.29, 1.82) is 0 Å². The Morgan fingerprint density at radius 1 is 1.08 bits per heavy atom. The molecule has 0 saturated carbocycles. The van der Waals surface area contributed by atoms with E-state index in [4.69, 9.17) is 15.2 Å². The Morgan fingerprint density at radius 3 is 2.38 bits per heavy atom. The molecule has 0 bridgehead atoms. The zero-order chi connectivity index (χ0) is 19.3. The molecule has 0 radical (unpaired) electrons. The van der Waals surface area contributed by atoms with Crippen LogP contribution in [0.15, 0.2) is 39.9 Å². The lowest BCUT2D eigenvalue weighted by atomic mass is 10.2. The van der Waals surface area contributed by atoms with Gasteiger partial charge in [0.15, 0.2) is 6.61 Å². The van der Waals surface area contributed by atoms with Gasteiger partial charge in [-0.3, -0.25) is 23.5 Å². The summed E-state index contributed by atoms with van der Waals surface area (Å²) in [6, 6.07) is 8.91. The molecule has 0 unspecified atom stereocenters. The monoisotopic (exact) mass is 361 g/mol. The van der Waals surface area contributed by atoms with E-state index in [1.54, 1.807) is 24.3 Å². The lowest BCUT2D eigenvalue weighted by Crippen LogP contribution is -2.42. The molecule has 2 aromatic rings. The first-order valence-corrected chi connectivity index (χ1v) is 7.75. The number of nitrogens with two attached hydrogens (primary N) is 1. The van der Waals surface area contributed by atoms with E-state index in [0.717, 1.165) is 9.13 Å².